The van der Waals surface area contributed by atoms with Gasteiger partial charge in [-0.15, -0.1) is 22.7 Å². The molecule has 1 amide bonds. The van der Waals surface area contributed by atoms with E-state index in [-0.39, 0.29) is 12.3 Å². The van der Waals surface area contributed by atoms with Crippen molar-refractivity contribution in [2.24, 2.45) is 0 Å². The summed E-state index contributed by atoms with van der Waals surface area (Å²) in [7, 11) is -3.40. The van der Waals surface area contributed by atoms with Crippen LogP contribution in [0.2, 0.25) is 0 Å². The highest BCUT2D eigenvalue weighted by atomic mass is 32.2. The third-order valence-electron chi connectivity index (χ3n) is 3.91. The predicted molar refractivity (Wildman–Crippen MR) is 96.2 cm³/mol. The lowest BCUT2D eigenvalue weighted by Gasteiger charge is -2.13. The standard InChI is InChI=1S/C15H19N3O3S3/c1-10-11(2)22-15(16-10)17-13(19)9-12-5-6-14(23-12)24(20,21)18-7-3-4-8-18/h5-6H,3-4,7-9H2,1-2H3,(H,16,17,19). The van der Waals surface area contributed by atoms with E-state index in [1.807, 2.05) is 13.8 Å². The molecule has 1 N–H and O–H groups in total. The fourth-order valence-corrected chi connectivity index (χ4v) is 6.35. The number of hydrogen-bond acceptors (Lipinski definition) is 6. The first kappa shape index (κ1) is 17.5. The molecule has 24 heavy (non-hydrogen) atoms. The maximum atomic E-state index is 12.5. The minimum Gasteiger partial charge on any atom is -0.302 e. The molecule has 3 rings (SSSR count). The summed E-state index contributed by atoms with van der Waals surface area (Å²) in [6, 6.07) is 3.31. The summed E-state index contributed by atoms with van der Waals surface area (Å²) >= 11 is 2.60. The maximum Gasteiger partial charge on any atom is 0.252 e. The summed E-state index contributed by atoms with van der Waals surface area (Å²) in [5.74, 6) is -0.185. The van der Waals surface area contributed by atoms with Gasteiger partial charge in [-0.2, -0.15) is 4.31 Å². The van der Waals surface area contributed by atoms with Crippen molar-refractivity contribution < 1.29 is 13.2 Å². The molecule has 2 aromatic rings. The number of aromatic nitrogens is 1. The molecular weight excluding hydrogens is 366 g/mol. The zero-order valence-corrected chi connectivity index (χ0v) is 16.0. The third kappa shape index (κ3) is 3.69. The molecule has 9 heteroatoms. The number of thiophene rings is 1. The van der Waals surface area contributed by atoms with E-state index in [1.54, 1.807) is 12.1 Å². The van der Waals surface area contributed by atoms with Crippen molar-refractivity contribution in [2.45, 2.75) is 37.3 Å². The van der Waals surface area contributed by atoms with Crippen LogP contribution in [0, 0.1) is 13.8 Å². The Morgan fingerprint density at radius 2 is 1.96 bits per heavy atom. The van der Waals surface area contributed by atoms with Crippen molar-refractivity contribution in [3.05, 3.63) is 27.6 Å². The molecule has 130 valence electrons. The first-order valence-corrected chi connectivity index (χ1v) is 10.8. The Labute approximate surface area is 149 Å². The molecule has 0 aromatic carbocycles. The Morgan fingerprint density at radius 3 is 2.58 bits per heavy atom. The van der Waals surface area contributed by atoms with Crippen molar-refractivity contribution in [1.29, 1.82) is 0 Å². The van der Waals surface area contributed by atoms with E-state index < -0.39 is 10.0 Å². The Balaban J connectivity index is 1.66. The Kier molecular flexibility index (Phi) is 5.05. The van der Waals surface area contributed by atoms with Gasteiger partial charge in [0.2, 0.25) is 5.91 Å². The van der Waals surface area contributed by atoms with Crippen LogP contribution < -0.4 is 5.32 Å². The number of amides is 1. The topological polar surface area (TPSA) is 79.4 Å². The fraction of sp³-hybridized carbons (Fsp3) is 0.467. The molecular formula is C15H19N3O3S3. The van der Waals surface area contributed by atoms with Crippen LogP contribution in [0.3, 0.4) is 0 Å². The minimum atomic E-state index is -3.40. The molecule has 0 bridgehead atoms. The van der Waals surface area contributed by atoms with Crippen molar-refractivity contribution in [1.82, 2.24) is 9.29 Å². The molecule has 1 fully saturated rings. The molecule has 0 atom stereocenters. The van der Waals surface area contributed by atoms with Crippen LogP contribution >= 0.6 is 22.7 Å². The van der Waals surface area contributed by atoms with Crippen molar-refractivity contribution in [3.63, 3.8) is 0 Å². The normalized spacial score (nSPS) is 15.8. The number of carbonyl (C=O) groups excluding carboxylic acids is 1. The van der Waals surface area contributed by atoms with Gasteiger partial charge in [-0.1, -0.05) is 0 Å². The Hall–Kier alpha value is -1.29. The lowest BCUT2D eigenvalue weighted by atomic mass is 10.3. The van der Waals surface area contributed by atoms with Gasteiger partial charge >= 0.3 is 0 Å². The number of anilines is 1. The summed E-state index contributed by atoms with van der Waals surface area (Å²) in [4.78, 5) is 18.2. The second-order valence-corrected chi connectivity index (χ2v) is 10.3. The molecule has 0 unspecified atom stereocenters. The highest BCUT2D eigenvalue weighted by Crippen LogP contribution is 2.28. The highest BCUT2D eigenvalue weighted by Gasteiger charge is 2.28. The molecule has 0 saturated carbocycles. The van der Waals surface area contributed by atoms with Crippen LogP contribution in [-0.2, 0) is 21.2 Å². The number of nitrogens with one attached hydrogen (secondary N) is 1. The van der Waals surface area contributed by atoms with E-state index in [0.717, 1.165) is 28.3 Å². The quantitative estimate of drug-likeness (QED) is 0.858. The van der Waals surface area contributed by atoms with E-state index in [9.17, 15) is 13.2 Å². The molecule has 1 aliphatic heterocycles. The summed E-state index contributed by atoms with van der Waals surface area (Å²) in [5.41, 5.74) is 0.908. The van der Waals surface area contributed by atoms with Gasteiger partial charge in [0.25, 0.3) is 10.0 Å². The molecule has 0 radical (unpaired) electrons. The van der Waals surface area contributed by atoms with Gasteiger partial charge in [0.05, 0.1) is 12.1 Å². The summed E-state index contributed by atoms with van der Waals surface area (Å²) in [5, 5.41) is 3.35. The summed E-state index contributed by atoms with van der Waals surface area (Å²) < 4.78 is 26.8. The van der Waals surface area contributed by atoms with E-state index in [2.05, 4.69) is 10.3 Å². The summed E-state index contributed by atoms with van der Waals surface area (Å²) in [6.45, 7) is 5.02. The van der Waals surface area contributed by atoms with Crippen molar-refractivity contribution in [2.75, 3.05) is 18.4 Å². The summed E-state index contributed by atoms with van der Waals surface area (Å²) in [6.07, 6.45) is 1.97. The lowest BCUT2D eigenvalue weighted by molar-refractivity contribution is -0.115. The zero-order chi connectivity index (χ0) is 17.3. The second-order valence-electron chi connectivity index (χ2n) is 5.72. The van der Waals surface area contributed by atoms with Gasteiger partial charge in [0.1, 0.15) is 4.21 Å². The predicted octanol–water partition coefficient (Wildman–Crippen LogP) is 2.79. The van der Waals surface area contributed by atoms with Crippen LogP contribution in [0.4, 0.5) is 5.13 Å². The first-order chi connectivity index (χ1) is 11.4. The molecule has 0 aliphatic carbocycles. The number of carbonyl (C=O) groups is 1. The molecule has 0 spiro atoms. The fourth-order valence-electron chi connectivity index (χ4n) is 2.50. The van der Waals surface area contributed by atoms with Gasteiger partial charge < -0.3 is 5.32 Å². The van der Waals surface area contributed by atoms with E-state index in [0.29, 0.717) is 22.4 Å². The molecule has 1 saturated heterocycles. The number of aryl methyl sites for hydroxylation is 2. The first-order valence-electron chi connectivity index (χ1n) is 7.69. The molecule has 1 aliphatic rings. The van der Waals surface area contributed by atoms with Crippen molar-refractivity contribution in [3.8, 4) is 0 Å². The zero-order valence-electron chi connectivity index (χ0n) is 13.5. The average molecular weight is 386 g/mol. The number of rotatable bonds is 5. The number of nitrogens with zero attached hydrogens (tertiary/aromatic N) is 2. The Bertz CT molecular complexity index is 829. The van der Waals surface area contributed by atoms with Crippen LogP contribution in [0.5, 0.6) is 0 Å². The Morgan fingerprint density at radius 1 is 1.25 bits per heavy atom. The van der Waals surface area contributed by atoms with Crippen LogP contribution in [0.1, 0.15) is 28.3 Å². The van der Waals surface area contributed by atoms with Crippen LogP contribution in [0.25, 0.3) is 0 Å². The molecule has 3 heterocycles. The van der Waals surface area contributed by atoms with E-state index in [1.165, 1.54) is 27.0 Å². The second kappa shape index (κ2) is 6.91. The highest BCUT2D eigenvalue weighted by molar-refractivity contribution is 7.91. The third-order valence-corrected chi connectivity index (χ3v) is 8.35. The average Bonchev–Trinajstić information content (AvgIpc) is 3.22. The number of hydrogen-bond donors (Lipinski definition) is 1. The van der Waals surface area contributed by atoms with Gasteiger partial charge in [0.15, 0.2) is 5.13 Å². The number of thiazole rings is 1. The maximum absolute atomic E-state index is 12.5. The lowest BCUT2D eigenvalue weighted by Crippen LogP contribution is -2.27. The van der Waals surface area contributed by atoms with E-state index >= 15 is 0 Å². The van der Waals surface area contributed by atoms with Crippen LogP contribution in [-0.4, -0.2) is 36.7 Å². The smallest absolute Gasteiger partial charge is 0.252 e. The van der Waals surface area contributed by atoms with E-state index in [4.69, 9.17) is 0 Å². The number of sulfonamides is 1. The van der Waals surface area contributed by atoms with Gasteiger partial charge in [0, 0.05) is 22.8 Å². The molecule has 6 nitrogen and oxygen atoms in total. The van der Waals surface area contributed by atoms with Crippen LogP contribution in [0.15, 0.2) is 16.3 Å². The minimum absolute atomic E-state index is 0.151. The van der Waals surface area contributed by atoms with Gasteiger partial charge in [-0.25, -0.2) is 13.4 Å². The monoisotopic (exact) mass is 385 g/mol. The van der Waals surface area contributed by atoms with Crippen molar-refractivity contribution >= 4 is 43.7 Å². The largest absolute Gasteiger partial charge is 0.302 e. The van der Waals surface area contributed by atoms with Gasteiger partial charge in [-0.3, -0.25) is 4.79 Å². The molecule has 2 aromatic heterocycles. The van der Waals surface area contributed by atoms with Gasteiger partial charge in [-0.05, 0) is 38.8 Å². The SMILES string of the molecule is Cc1nc(NC(=O)Cc2ccc(S(=O)(=O)N3CCCC3)s2)sc1C.